The lowest BCUT2D eigenvalue weighted by Crippen LogP contribution is -2.69. The van der Waals surface area contributed by atoms with Crippen molar-refractivity contribution in [2.45, 2.75) is 115 Å². The van der Waals surface area contributed by atoms with Crippen molar-refractivity contribution in [3.05, 3.63) is 84.0 Å². The standard InChI is InChI=1S/C46H63N3O8/c1-4-27-54-46-41(49(3)42(52)24-21-32-15-9-10-16-32)30-39(48-55-5-2)37-28-34(19-11-13-25-50)36(20-12-14-26-51)43(44(37)46)38-29-35(22-23-40(38)57-46)56-45(53)47-31-33-17-7-6-8-18-33/h4,6-8,17-18,22-23,28-29,32,34,36,41,43-44,50-51H,1,5,9-16,19-21,24-27,30-31H2,2-3H3,(H,47,53). The first kappa shape index (κ1) is 42.4. The molecule has 0 aromatic heterocycles. The first-order chi connectivity index (χ1) is 27.8. The van der Waals surface area contributed by atoms with Crippen LogP contribution in [0.25, 0.3) is 0 Å². The van der Waals surface area contributed by atoms with Gasteiger partial charge in [0.05, 0.1) is 18.2 Å². The Morgan fingerprint density at radius 2 is 1.79 bits per heavy atom. The van der Waals surface area contributed by atoms with Crippen LogP contribution in [0.2, 0.25) is 0 Å². The average molecular weight is 786 g/mol. The Hall–Kier alpha value is -4.19. The molecule has 1 aliphatic heterocycles. The van der Waals surface area contributed by atoms with Crippen molar-refractivity contribution in [1.82, 2.24) is 10.2 Å². The highest BCUT2D eigenvalue weighted by atomic mass is 16.7. The molecule has 4 aliphatic rings. The van der Waals surface area contributed by atoms with Gasteiger partial charge in [-0.2, -0.15) is 0 Å². The first-order valence-corrected chi connectivity index (χ1v) is 21.3. The molecule has 11 heteroatoms. The summed E-state index contributed by atoms with van der Waals surface area (Å²) in [5, 5.41) is 27.3. The van der Waals surface area contributed by atoms with Crippen LogP contribution < -0.4 is 14.8 Å². The second kappa shape index (κ2) is 20.5. The number of ether oxygens (including phenoxy) is 3. The molecule has 3 N–H and O–H groups in total. The average Bonchev–Trinajstić information content (AvgIpc) is 3.76. The molecular weight excluding hydrogens is 723 g/mol. The monoisotopic (exact) mass is 785 g/mol. The molecule has 6 atom stereocenters. The second-order valence-electron chi connectivity index (χ2n) is 16.1. The number of carbonyl (C=O) groups excluding carboxylic acids is 2. The van der Waals surface area contributed by atoms with E-state index in [1.165, 1.54) is 25.7 Å². The molecule has 0 saturated heterocycles. The highest BCUT2D eigenvalue weighted by molar-refractivity contribution is 6.03. The largest absolute Gasteiger partial charge is 0.459 e. The summed E-state index contributed by atoms with van der Waals surface area (Å²) in [6.45, 7) is 7.04. The first-order valence-electron chi connectivity index (χ1n) is 21.3. The minimum Gasteiger partial charge on any atom is -0.459 e. The molecule has 6 rings (SSSR count). The van der Waals surface area contributed by atoms with E-state index in [1.807, 2.05) is 61.3 Å². The van der Waals surface area contributed by atoms with Gasteiger partial charge in [0.2, 0.25) is 11.7 Å². The third-order valence-electron chi connectivity index (χ3n) is 12.5. The van der Waals surface area contributed by atoms with Crippen LogP contribution >= 0.6 is 0 Å². The topological polar surface area (TPSA) is 139 Å². The number of nitrogens with one attached hydrogen (secondary N) is 1. The number of hydrogen-bond donors (Lipinski definition) is 3. The van der Waals surface area contributed by atoms with Gasteiger partial charge in [0.25, 0.3) is 0 Å². The number of carbonyl (C=O) groups is 2. The Morgan fingerprint density at radius 3 is 2.51 bits per heavy atom. The summed E-state index contributed by atoms with van der Waals surface area (Å²) >= 11 is 0. The predicted octanol–water partition coefficient (Wildman–Crippen LogP) is 8.06. The van der Waals surface area contributed by atoms with Crippen molar-refractivity contribution in [2.24, 2.45) is 28.8 Å². The summed E-state index contributed by atoms with van der Waals surface area (Å²) < 4.78 is 20.1. The number of likely N-dealkylation sites (N-methyl/N-ethyl adjacent to an activating group) is 1. The van der Waals surface area contributed by atoms with E-state index in [4.69, 9.17) is 24.2 Å². The summed E-state index contributed by atoms with van der Waals surface area (Å²) in [6.07, 6.45) is 14.6. The molecule has 57 heavy (non-hydrogen) atoms. The molecule has 11 nitrogen and oxygen atoms in total. The van der Waals surface area contributed by atoms with E-state index in [0.29, 0.717) is 56.3 Å². The van der Waals surface area contributed by atoms with Crippen molar-refractivity contribution < 1.29 is 38.9 Å². The Bertz CT molecular complexity index is 1710. The van der Waals surface area contributed by atoms with E-state index in [-0.39, 0.29) is 43.5 Å². The van der Waals surface area contributed by atoms with Gasteiger partial charge < -0.3 is 39.5 Å². The SMILES string of the molecule is C=CCOC12Oc3ccc(OC(=O)NCc4ccccc4)cc3C3C(CCCCO)C(CCCCO)C=C(C(=NOCC)CC1N(C)C(=O)CCC1CCCC1)C32. The third kappa shape index (κ3) is 9.92. The summed E-state index contributed by atoms with van der Waals surface area (Å²) in [5.41, 5.74) is 3.60. The number of fused-ring (bicyclic) bond motifs is 2. The zero-order valence-electron chi connectivity index (χ0n) is 33.9. The van der Waals surface area contributed by atoms with Crippen molar-refractivity contribution in [3.63, 3.8) is 0 Å². The lowest BCUT2D eigenvalue weighted by Gasteiger charge is -2.59. The highest BCUT2D eigenvalue weighted by Crippen LogP contribution is 2.61. The minimum atomic E-state index is -1.30. The number of rotatable bonds is 20. The zero-order valence-corrected chi connectivity index (χ0v) is 33.9. The molecule has 2 saturated carbocycles. The normalized spacial score (nSPS) is 25.8. The summed E-state index contributed by atoms with van der Waals surface area (Å²) in [5.74, 6) is -0.137. The number of aliphatic hydroxyl groups is 2. The van der Waals surface area contributed by atoms with Crippen molar-refractivity contribution in [3.8, 4) is 11.5 Å². The van der Waals surface area contributed by atoms with Crippen LogP contribution in [0.15, 0.2) is 78.0 Å². The molecule has 6 unspecified atom stereocenters. The Morgan fingerprint density at radius 1 is 1.04 bits per heavy atom. The molecule has 0 bridgehead atoms. The number of aliphatic hydroxyl groups excluding tert-OH is 2. The van der Waals surface area contributed by atoms with Crippen molar-refractivity contribution in [2.75, 3.05) is 33.5 Å². The molecule has 0 spiro atoms. The predicted molar refractivity (Wildman–Crippen MR) is 220 cm³/mol. The quantitative estimate of drug-likeness (QED) is 0.0697. The fourth-order valence-corrected chi connectivity index (χ4v) is 9.82. The zero-order chi connectivity index (χ0) is 40.2. The number of amides is 2. The maximum absolute atomic E-state index is 14.2. The van der Waals surface area contributed by atoms with Gasteiger partial charge in [-0.3, -0.25) is 4.79 Å². The van der Waals surface area contributed by atoms with Gasteiger partial charge in [0.1, 0.15) is 24.1 Å². The summed E-state index contributed by atoms with van der Waals surface area (Å²) in [7, 11) is 1.87. The van der Waals surface area contributed by atoms with E-state index in [1.54, 1.807) is 12.1 Å². The number of hydrogen-bond acceptors (Lipinski definition) is 9. The van der Waals surface area contributed by atoms with Crippen molar-refractivity contribution >= 4 is 17.7 Å². The van der Waals surface area contributed by atoms with E-state index in [9.17, 15) is 19.8 Å². The fraction of sp³-hybridized carbons (Fsp3) is 0.587. The lowest BCUT2D eigenvalue weighted by atomic mass is 9.55. The molecular formula is C46H63N3O8. The van der Waals surface area contributed by atoms with E-state index >= 15 is 0 Å². The van der Waals surface area contributed by atoms with E-state index < -0.39 is 23.8 Å². The van der Waals surface area contributed by atoms with Crippen molar-refractivity contribution in [1.29, 1.82) is 0 Å². The lowest BCUT2D eigenvalue weighted by molar-refractivity contribution is -0.255. The molecule has 2 aromatic carbocycles. The Balaban J connectivity index is 1.45. The highest BCUT2D eigenvalue weighted by Gasteiger charge is 2.65. The number of unbranched alkanes of at least 4 members (excludes halogenated alkanes) is 2. The molecule has 310 valence electrons. The number of allylic oxidation sites excluding steroid dienone is 1. The molecule has 2 fully saturated rings. The van der Waals surface area contributed by atoms with Crippen LogP contribution in [-0.4, -0.2) is 78.1 Å². The van der Waals surface area contributed by atoms with Gasteiger partial charge in [0.15, 0.2) is 0 Å². The van der Waals surface area contributed by atoms with Crippen LogP contribution in [0.5, 0.6) is 11.5 Å². The third-order valence-corrected chi connectivity index (χ3v) is 12.5. The maximum Gasteiger partial charge on any atom is 0.412 e. The van der Waals surface area contributed by atoms with Gasteiger partial charge in [0, 0.05) is 51.1 Å². The van der Waals surface area contributed by atoms with Crippen LogP contribution in [0.3, 0.4) is 0 Å². The number of oxime groups is 1. The van der Waals surface area contributed by atoms with Crippen LogP contribution in [-0.2, 0) is 20.9 Å². The number of benzene rings is 2. The van der Waals surface area contributed by atoms with Crippen LogP contribution in [0.4, 0.5) is 4.79 Å². The fourth-order valence-electron chi connectivity index (χ4n) is 9.82. The minimum absolute atomic E-state index is 0.0464. The van der Waals surface area contributed by atoms with Gasteiger partial charge in [-0.05, 0) is 86.1 Å². The van der Waals surface area contributed by atoms with Gasteiger partial charge in [-0.15, -0.1) is 6.58 Å². The van der Waals surface area contributed by atoms with Gasteiger partial charge in [-0.1, -0.05) is 86.2 Å². The van der Waals surface area contributed by atoms with E-state index in [0.717, 1.165) is 54.5 Å². The number of nitrogens with zero attached hydrogens (tertiary/aromatic N) is 2. The molecule has 2 aromatic rings. The Kier molecular flexibility index (Phi) is 15.2. The smallest absolute Gasteiger partial charge is 0.412 e. The molecule has 3 aliphatic carbocycles. The summed E-state index contributed by atoms with van der Waals surface area (Å²) in [4.78, 5) is 35.0. The van der Waals surface area contributed by atoms with E-state index in [2.05, 4.69) is 18.0 Å². The molecule has 1 heterocycles. The van der Waals surface area contributed by atoms with Crippen LogP contribution in [0.1, 0.15) is 107 Å². The summed E-state index contributed by atoms with van der Waals surface area (Å²) in [6, 6.07) is 14.7. The van der Waals surface area contributed by atoms with Gasteiger partial charge >= 0.3 is 6.09 Å². The maximum atomic E-state index is 14.2. The molecule has 0 radical (unpaired) electrons. The molecule has 2 amide bonds. The van der Waals surface area contributed by atoms with Gasteiger partial charge in [-0.25, -0.2) is 4.79 Å². The Labute approximate surface area is 338 Å². The van der Waals surface area contributed by atoms with Crippen LogP contribution in [0, 0.1) is 23.7 Å². The second-order valence-corrected chi connectivity index (χ2v) is 16.1.